The molecule has 1 heteroatoms. The van der Waals surface area contributed by atoms with Crippen LogP contribution in [0.4, 0.5) is 0 Å². The van der Waals surface area contributed by atoms with Gasteiger partial charge in [-0.15, -0.1) is 0 Å². The van der Waals surface area contributed by atoms with E-state index in [1.54, 1.807) is 0 Å². The highest BCUT2D eigenvalue weighted by atomic mass is 16.2. The lowest BCUT2D eigenvalue weighted by Gasteiger charge is -2.01. The average Bonchev–Trinajstić information content (AvgIpc) is 2.69. The second kappa shape index (κ2) is 30.7. The molecule has 0 unspecified atom stereocenters. The predicted molar refractivity (Wildman–Crippen MR) is 126 cm³/mol. The number of hydrogen-bond acceptors (Lipinski definition) is 1. The summed E-state index contributed by atoms with van der Waals surface area (Å²) in [5, 5.41) is 8.57. The van der Waals surface area contributed by atoms with Gasteiger partial charge in [-0.25, -0.2) is 0 Å². The first-order valence-corrected chi connectivity index (χ1v) is 12.9. The minimum atomic E-state index is 0.372. The van der Waals surface area contributed by atoms with Gasteiger partial charge in [-0.1, -0.05) is 156 Å². The van der Waals surface area contributed by atoms with Crippen molar-refractivity contribution < 1.29 is 5.11 Å². The molecule has 0 aliphatic carbocycles. The van der Waals surface area contributed by atoms with Crippen LogP contribution in [0.15, 0.2) is 0 Å². The first-order chi connectivity index (χ1) is 13.3. The second-order valence-electron chi connectivity index (χ2n) is 8.44. The van der Waals surface area contributed by atoms with Crippen molar-refractivity contribution in [2.45, 2.75) is 162 Å². The molecule has 0 fully saturated rings. The zero-order valence-electron chi connectivity index (χ0n) is 19.7. The highest BCUT2D eigenvalue weighted by Crippen LogP contribution is 2.12. The van der Waals surface area contributed by atoms with E-state index in [0.29, 0.717) is 6.61 Å². The average molecular weight is 385 g/mol. The van der Waals surface area contributed by atoms with Crippen LogP contribution in [-0.4, -0.2) is 11.7 Å². The van der Waals surface area contributed by atoms with E-state index in [2.05, 4.69) is 20.8 Å². The normalized spacial score (nSPS) is 10.7. The van der Waals surface area contributed by atoms with Crippen LogP contribution in [0.3, 0.4) is 0 Å². The van der Waals surface area contributed by atoms with Crippen molar-refractivity contribution in [1.29, 1.82) is 0 Å². The lowest BCUT2D eigenvalue weighted by molar-refractivity contribution is 0.282. The number of hydrogen-bond donors (Lipinski definition) is 1. The van der Waals surface area contributed by atoms with Gasteiger partial charge in [0.2, 0.25) is 0 Å². The van der Waals surface area contributed by atoms with Gasteiger partial charge in [0.05, 0.1) is 0 Å². The van der Waals surface area contributed by atoms with Crippen LogP contribution in [0.1, 0.15) is 162 Å². The van der Waals surface area contributed by atoms with Crippen LogP contribution in [-0.2, 0) is 0 Å². The fourth-order valence-electron chi connectivity index (χ4n) is 3.51. The molecular formula is C26H56O. The van der Waals surface area contributed by atoms with Gasteiger partial charge in [-0.2, -0.15) is 0 Å². The topological polar surface area (TPSA) is 20.2 Å². The standard InChI is InChI=1S/C14H30.C12H26O/c1-3-5-7-9-11-13-14-12-10-8-6-4-2;1-2-3-4-5-6-7-8-9-10-11-12-13/h3-14H2,1-2H3;13H,2-12H2,1H3. The smallest absolute Gasteiger partial charge is 0.0431 e. The molecule has 0 spiro atoms. The fourth-order valence-corrected chi connectivity index (χ4v) is 3.51. The molecule has 0 aromatic heterocycles. The van der Waals surface area contributed by atoms with Crippen molar-refractivity contribution in [1.82, 2.24) is 0 Å². The largest absolute Gasteiger partial charge is 0.396 e. The summed E-state index contributed by atoms with van der Waals surface area (Å²) >= 11 is 0. The highest BCUT2D eigenvalue weighted by Gasteiger charge is 1.92. The van der Waals surface area contributed by atoms with E-state index >= 15 is 0 Å². The summed E-state index contributed by atoms with van der Waals surface area (Å²) in [7, 11) is 0. The van der Waals surface area contributed by atoms with Crippen LogP contribution in [0.25, 0.3) is 0 Å². The van der Waals surface area contributed by atoms with E-state index in [9.17, 15) is 0 Å². The van der Waals surface area contributed by atoms with Gasteiger partial charge in [-0.3, -0.25) is 0 Å². The van der Waals surface area contributed by atoms with E-state index in [1.165, 1.54) is 135 Å². The molecule has 0 radical (unpaired) electrons. The molecule has 1 nitrogen and oxygen atoms in total. The Labute approximate surface area is 174 Å². The van der Waals surface area contributed by atoms with E-state index in [0.717, 1.165) is 6.42 Å². The summed E-state index contributed by atoms with van der Waals surface area (Å²) in [5.74, 6) is 0. The molecule has 0 bridgehead atoms. The SMILES string of the molecule is CCCCCCCCCCCCCC.CCCCCCCCCCCCO. The second-order valence-corrected chi connectivity index (χ2v) is 8.44. The van der Waals surface area contributed by atoms with Crippen molar-refractivity contribution >= 4 is 0 Å². The third kappa shape index (κ3) is 33.9. The van der Waals surface area contributed by atoms with E-state index in [4.69, 9.17) is 5.11 Å². The first kappa shape index (κ1) is 29.2. The maximum Gasteiger partial charge on any atom is 0.0431 e. The quantitative estimate of drug-likeness (QED) is 0.195. The Morgan fingerprint density at radius 3 is 0.667 bits per heavy atom. The highest BCUT2D eigenvalue weighted by molar-refractivity contribution is 4.48. The van der Waals surface area contributed by atoms with Crippen LogP contribution in [0.5, 0.6) is 0 Å². The molecule has 0 saturated carbocycles. The molecule has 0 aromatic carbocycles. The Bertz CT molecular complexity index is 192. The fraction of sp³-hybridized carbons (Fsp3) is 1.00. The van der Waals surface area contributed by atoms with Gasteiger partial charge in [0.15, 0.2) is 0 Å². The molecule has 0 saturated heterocycles. The molecule has 0 amide bonds. The van der Waals surface area contributed by atoms with Crippen LogP contribution in [0.2, 0.25) is 0 Å². The molecule has 0 rings (SSSR count). The molecule has 0 aliphatic rings. The zero-order chi connectivity index (χ0) is 20.3. The lowest BCUT2D eigenvalue weighted by Crippen LogP contribution is -1.84. The van der Waals surface area contributed by atoms with Crippen LogP contribution in [0, 0.1) is 0 Å². The molecule has 0 aromatic rings. The lowest BCUT2D eigenvalue weighted by atomic mass is 10.1. The van der Waals surface area contributed by atoms with Gasteiger partial charge in [-0.05, 0) is 6.42 Å². The monoisotopic (exact) mass is 384 g/mol. The molecule has 166 valence electrons. The molecule has 1 N–H and O–H groups in total. The van der Waals surface area contributed by atoms with Gasteiger partial charge in [0.1, 0.15) is 0 Å². The summed E-state index contributed by atoms with van der Waals surface area (Å²) in [6.45, 7) is 7.20. The van der Waals surface area contributed by atoms with E-state index in [1.807, 2.05) is 0 Å². The summed E-state index contributed by atoms with van der Waals surface area (Å²) in [6, 6.07) is 0. The third-order valence-corrected chi connectivity index (χ3v) is 5.47. The van der Waals surface area contributed by atoms with Gasteiger partial charge in [0, 0.05) is 6.61 Å². The molecule has 0 aliphatic heterocycles. The summed E-state index contributed by atoms with van der Waals surface area (Å²) in [5.41, 5.74) is 0. The van der Waals surface area contributed by atoms with Crippen molar-refractivity contribution in [2.75, 3.05) is 6.61 Å². The number of aliphatic hydroxyl groups is 1. The van der Waals surface area contributed by atoms with Crippen molar-refractivity contribution in [3.8, 4) is 0 Å². The Balaban J connectivity index is 0. The maximum atomic E-state index is 8.57. The summed E-state index contributed by atoms with van der Waals surface area (Å²) in [6.07, 6.45) is 30.7. The number of aliphatic hydroxyl groups excluding tert-OH is 1. The molecule has 0 heterocycles. The van der Waals surface area contributed by atoms with Gasteiger partial charge >= 0.3 is 0 Å². The molecule has 0 atom stereocenters. The van der Waals surface area contributed by atoms with Crippen LogP contribution >= 0.6 is 0 Å². The Kier molecular flexibility index (Phi) is 33.1. The zero-order valence-corrected chi connectivity index (χ0v) is 19.7. The minimum absolute atomic E-state index is 0.372. The van der Waals surface area contributed by atoms with Crippen LogP contribution < -0.4 is 0 Å². The summed E-state index contributed by atoms with van der Waals surface area (Å²) < 4.78 is 0. The van der Waals surface area contributed by atoms with Crippen molar-refractivity contribution in [3.63, 3.8) is 0 Å². The number of unbranched alkanes of at least 4 members (excludes halogenated alkanes) is 20. The van der Waals surface area contributed by atoms with Gasteiger partial charge in [0.25, 0.3) is 0 Å². The maximum absolute atomic E-state index is 8.57. The summed E-state index contributed by atoms with van der Waals surface area (Å²) in [4.78, 5) is 0. The van der Waals surface area contributed by atoms with Crippen molar-refractivity contribution in [3.05, 3.63) is 0 Å². The van der Waals surface area contributed by atoms with E-state index in [-0.39, 0.29) is 0 Å². The Hall–Kier alpha value is -0.0400. The number of rotatable bonds is 21. The Morgan fingerprint density at radius 2 is 0.481 bits per heavy atom. The molecule has 27 heavy (non-hydrogen) atoms. The van der Waals surface area contributed by atoms with Crippen molar-refractivity contribution in [2.24, 2.45) is 0 Å². The molecular weight excluding hydrogens is 328 g/mol. The Morgan fingerprint density at radius 1 is 0.296 bits per heavy atom. The van der Waals surface area contributed by atoms with E-state index < -0.39 is 0 Å². The minimum Gasteiger partial charge on any atom is -0.396 e. The van der Waals surface area contributed by atoms with Gasteiger partial charge < -0.3 is 5.11 Å². The first-order valence-electron chi connectivity index (χ1n) is 12.9. The third-order valence-electron chi connectivity index (χ3n) is 5.47. The predicted octanol–water partition coefficient (Wildman–Crippen LogP) is 9.61.